The van der Waals surface area contributed by atoms with Crippen molar-refractivity contribution < 1.29 is 34.3 Å². The van der Waals surface area contributed by atoms with Crippen molar-refractivity contribution in [3.05, 3.63) is 81.4 Å². The number of hydrogen-bond acceptors (Lipinski definition) is 6. The van der Waals surface area contributed by atoms with Crippen LogP contribution in [0.4, 0.5) is 0 Å². The molecule has 0 heterocycles. The average Bonchev–Trinajstić information content (AvgIpc) is 2.84. The molecule has 0 aliphatic carbocycles. The number of aromatic carboxylic acids is 1. The number of benzene rings is 3. The lowest BCUT2D eigenvalue weighted by Crippen LogP contribution is -2.14. The molecule has 3 rings (SSSR count). The molecular formula is C29H33ClO7. The summed E-state index contributed by atoms with van der Waals surface area (Å²) in [6.45, 7) is 7.47. The van der Waals surface area contributed by atoms with Gasteiger partial charge >= 0.3 is 5.97 Å². The number of carbonyl (C=O) groups is 1. The quantitative estimate of drug-likeness (QED) is 0.269. The molecule has 0 aromatic heterocycles. The van der Waals surface area contributed by atoms with Crippen molar-refractivity contribution in [2.45, 2.75) is 53.4 Å². The third kappa shape index (κ3) is 6.74. The minimum absolute atomic E-state index is 0.00254. The van der Waals surface area contributed by atoms with E-state index in [0.29, 0.717) is 23.3 Å². The van der Waals surface area contributed by atoms with E-state index in [1.807, 2.05) is 51.1 Å². The van der Waals surface area contributed by atoms with Crippen LogP contribution in [0.3, 0.4) is 0 Å². The summed E-state index contributed by atoms with van der Waals surface area (Å²) in [5.41, 5.74) is 1.71. The third-order valence-corrected chi connectivity index (χ3v) is 6.32. The van der Waals surface area contributed by atoms with Crippen molar-refractivity contribution in [3.8, 4) is 23.0 Å². The molecule has 198 valence electrons. The number of aliphatic hydroxyl groups is 2. The minimum Gasteiger partial charge on any atom is -0.495 e. The first-order chi connectivity index (χ1) is 17.5. The fourth-order valence-corrected chi connectivity index (χ4v) is 4.26. The molecule has 0 fully saturated rings. The molecule has 0 amide bonds. The number of aryl methyl sites for hydroxylation is 1. The Morgan fingerprint density at radius 2 is 1.73 bits per heavy atom. The molecule has 0 unspecified atom stereocenters. The number of hydrogen-bond donors (Lipinski definition) is 3. The van der Waals surface area contributed by atoms with Gasteiger partial charge in [-0.05, 0) is 48.1 Å². The normalized spacial score (nSPS) is 12.2. The number of halogens is 1. The number of rotatable bonds is 10. The second kappa shape index (κ2) is 11.9. The Morgan fingerprint density at radius 3 is 2.30 bits per heavy atom. The highest BCUT2D eigenvalue weighted by atomic mass is 35.5. The summed E-state index contributed by atoms with van der Waals surface area (Å²) in [5.74, 6) is -0.955. The van der Waals surface area contributed by atoms with E-state index in [1.54, 1.807) is 19.1 Å². The topological polar surface area (TPSA) is 105 Å². The lowest BCUT2D eigenvalue weighted by atomic mass is 9.86. The van der Waals surface area contributed by atoms with Crippen molar-refractivity contribution in [2.24, 2.45) is 5.41 Å². The van der Waals surface area contributed by atoms with Gasteiger partial charge in [-0.15, -0.1) is 0 Å². The maximum atomic E-state index is 12.4. The van der Waals surface area contributed by atoms with Crippen molar-refractivity contribution in [1.29, 1.82) is 0 Å². The Bertz CT molecular complexity index is 1250. The zero-order valence-electron chi connectivity index (χ0n) is 21.7. The number of carboxylic acid groups (broad SMARTS) is 1. The predicted molar refractivity (Wildman–Crippen MR) is 142 cm³/mol. The van der Waals surface area contributed by atoms with Crippen LogP contribution in [0.1, 0.15) is 65.9 Å². The van der Waals surface area contributed by atoms with Gasteiger partial charge in [0.25, 0.3) is 0 Å². The highest BCUT2D eigenvalue weighted by molar-refractivity contribution is 6.32. The summed E-state index contributed by atoms with van der Waals surface area (Å²) < 4.78 is 17.6. The van der Waals surface area contributed by atoms with Crippen LogP contribution < -0.4 is 14.2 Å². The maximum Gasteiger partial charge on any atom is 0.343 e. The molecule has 0 radical (unpaired) electrons. The van der Waals surface area contributed by atoms with Crippen molar-refractivity contribution in [3.63, 3.8) is 0 Å². The lowest BCUT2D eigenvalue weighted by molar-refractivity contribution is 0.0689. The van der Waals surface area contributed by atoms with Crippen LogP contribution in [-0.2, 0) is 13.2 Å². The molecule has 7 nitrogen and oxygen atoms in total. The number of methoxy groups -OCH3 is 1. The molecule has 0 saturated carbocycles. The van der Waals surface area contributed by atoms with E-state index >= 15 is 0 Å². The minimum atomic E-state index is -1.30. The first kappa shape index (κ1) is 28.3. The van der Waals surface area contributed by atoms with Crippen LogP contribution in [0, 0.1) is 12.3 Å². The van der Waals surface area contributed by atoms with Crippen molar-refractivity contribution in [1.82, 2.24) is 0 Å². The highest BCUT2D eigenvalue weighted by Gasteiger charge is 2.29. The van der Waals surface area contributed by atoms with Gasteiger partial charge in [0.1, 0.15) is 23.7 Å². The summed E-state index contributed by atoms with van der Waals surface area (Å²) in [4.78, 5) is 12.4. The summed E-state index contributed by atoms with van der Waals surface area (Å²) in [6.07, 6.45) is -0.559. The van der Waals surface area contributed by atoms with E-state index in [-0.39, 0.29) is 45.4 Å². The molecular weight excluding hydrogens is 496 g/mol. The molecule has 0 aliphatic heterocycles. The van der Waals surface area contributed by atoms with Crippen LogP contribution in [0.5, 0.6) is 23.0 Å². The summed E-state index contributed by atoms with van der Waals surface area (Å²) in [7, 11) is 1.34. The van der Waals surface area contributed by atoms with E-state index in [1.165, 1.54) is 13.2 Å². The second-order valence-corrected chi connectivity index (χ2v) is 10.4. The molecule has 3 N–H and O–H groups in total. The second-order valence-electron chi connectivity index (χ2n) is 9.99. The molecule has 0 aliphatic rings. The van der Waals surface area contributed by atoms with Crippen LogP contribution >= 0.6 is 11.6 Å². The van der Waals surface area contributed by atoms with Crippen LogP contribution in [-0.4, -0.2) is 28.4 Å². The maximum absolute atomic E-state index is 12.4. The van der Waals surface area contributed by atoms with Gasteiger partial charge in [-0.1, -0.05) is 62.7 Å². The molecule has 3 aromatic carbocycles. The van der Waals surface area contributed by atoms with Gasteiger partial charge in [0, 0.05) is 11.1 Å². The van der Waals surface area contributed by atoms with E-state index in [4.69, 9.17) is 25.8 Å². The zero-order valence-corrected chi connectivity index (χ0v) is 22.4. The van der Waals surface area contributed by atoms with Crippen LogP contribution in [0.25, 0.3) is 0 Å². The van der Waals surface area contributed by atoms with Crippen molar-refractivity contribution in [2.75, 3.05) is 7.11 Å². The molecule has 0 saturated heterocycles. The molecule has 0 spiro atoms. The van der Waals surface area contributed by atoms with Gasteiger partial charge in [0.2, 0.25) is 0 Å². The van der Waals surface area contributed by atoms with E-state index in [9.17, 15) is 20.1 Å². The average molecular weight is 529 g/mol. The Morgan fingerprint density at radius 1 is 1.05 bits per heavy atom. The number of aliphatic hydroxyl groups excluding tert-OH is 2. The Kier molecular flexibility index (Phi) is 9.07. The fourth-order valence-electron chi connectivity index (χ4n) is 4.06. The summed E-state index contributed by atoms with van der Waals surface area (Å²) >= 11 is 6.47. The lowest BCUT2D eigenvalue weighted by Gasteiger charge is -2.25. The smallest absolute Gasteiger partial charge is 0.343 e. The molecule has 37 heavy (non-hydrogen) atoms. The number of ether oxygens (including phenoxy) is 3. The van der Waals surface area contributed by atoms with E-state index in [0.717, 1.165) is 5.56 Å². The van der Waals surface area contributed by atoms with Gasteiger partial charge < -0.3 is 29.5 Å². The van der Waals surface area contributed by atoms with Crippen LogP contribution in [0.2, 0.25) is 5.02 Å². The van der Waals surface area contributed by atoms with E-state index in [2.05, 4.69) is 0 Å². The number of carboxylic acids is 1. The monoisotopic (exact) mass is 528 g/mol. The predicted octanol–water partition coefficient (Wildman–Crippen LogP) is 6.69. The summed E-state index contributed by atoms with van der Waals surface area (Å²) in [5, 5.41) is 31.3. The molecule has 1 atom stereocenters. The standard InChI is InChI=1S/C29H33ClO7/c1-17-13-23(36-16-18-9-7-6-8-10-18)26(20(15-31)25(17)30)37-22-12-11-19(21(32)14-29(2,3)4)27(35-5)24(22)28(33)34/h6-13,21,31-32H,14-16H2,1-5H3,(H,33,34)/t21-/m0/s1. The van der Waals surface area contributed by atoms with Crippen molar-refractivity contribution >= 4 is 17.6 Å². The zero-order chi connectivity index (χ0) is 27.3. The van der Waals surface area contributed by atoms with Gasteiger partial charge in [0.05, 0.1) is 24.8 Å². The third-order valence-electron chi connectivity index (χ3n) is 5.80. The van der Waals surface area contributed by atoms with Crippen LogP contribution in [0.15, 0.2) is 48.5 Å². The Hall–Kier alpha value is -3.26. The molecule has 8 heteroatoms. The molecule has 3 aromatic rings. The SMILES string of the molecule is COc1c([C@@H](O)CC(C)(C)C)ccc(Oc2c(OCc3ccccc3)cc(C)c(Cl)c2CO)c1C(=O)O. The first-order valence-electron chi connectivity index (χ1n) is 11.9. The Labute approximate surface area is 222 Å². The van der Waals surface area contributed by atoms with Gasteiger partial charge in [-0.25, -0.2) is 4.79 Å². The fraction of sp³-hybridized carbons (Fsp3) is 0.345. The molecule has 0 bridgehead atoms. The van der Waals surface area contributed by atoms with E-state index < -0.39 is 18.7 Å². The van der Waals surface area contributed by atoms with Gasteiger partial charge in [0.15, 0.2) is 11.5 Å². The largest absolute Gasteiger partial charge is 0.495 e. The highest BCUT2D eigenvalue weighted by Crippen LogP contribution is 2.45. The van der Waals surface area contributed by atoms with Gasteiger partial charge in [-0.3, -0.25) is 0 Å². The first-order valence-corrected chi connectivity index (χ1v) is 12.2. The summed E-state index contributed by atoms with van der Waals surface area (Å²) in [6, 6.07) is 14.2. The Balaban J connectivity index is 2.11. The van der Waals surface area contributed by atoms with Gasteiger partial charge in [-0.2, -0.15) is 0 Å².